The van der Waals surface area contributed by atoms with Gasteiger partial charge in [-0.15, -0.1) is 0 Å². The molecule has 0 bridgehead atoms. The predicted octanol–water partition coefficient (Wildman–Crippen LogP) is 13.8. The number of nitrogens with zero attached hydrogens (tertiary/aromatic N) is 1. The summed E-state index contributed by atoms with van der Waals surface area (Å²) in [7, 11) is 0. The lowest BCUT2D eigenvalue weighted by Crippen LogP contribution is -2.10. The highest BCUT2D eigenvalue weighted by Gasteiger charge is 2.20. The van der Waals surface area contributed by atoms with Crippen LogP contribution in [-0.2, 0) is 0 Å². The van der Waals surface area contributed by atoms with Gasteiger partial charge in [-0.1, -0.05) is 146 Å². The van der Waals surface area contributed by atoms with Crippen molar-refractivity contribution in [1.82, 2.24) is 0 Å². The molecule has 1 heterocycles. The lowest BCUT2D eigenvalue weighted by Gasteiger charge is -2.26. The van der Waals surface area contributed by atoms with E-state index in [2.05, 4.69) is 181 Å². The zero-order chi connectivity index (χ0) is 33.0. The highest BCUT2D eigenvalue weighted by molar-refractivity contribution is 6.23. The molecule has 0 aliphatic heterocycles. The molecule has 2 heteroatoms. The second kappa shape index (κ2) is 11.5. The Kier molecular flexibility index (Phi) is 6.53. The van der Waals surface area contributed by atoms with Crippen molar-refractivity contribution in [3.05, 3.63) is 188 Å². The fourth-order valence-corrected chi connectivity index (χ4v) is 7.70. The average Bonchev–Trinajstić information content (AvgIpc) is 3.58. The summed E-state index contributed by atoms with van der Waals surface area (Å²) in [6, 6.07) is 67.4. The minimum absolute atomic E-state index is 0.871. The van der Waals surface area contributed by atoms with Crippen LogP contribution in [0.1, 0.15) is 0 Å². The van der Waals surface area contributed by atoms with Gasteiger partial charge in [0.15, 0.2) is 5.58 Å². The van der Waals surface area contributed by atoms with E-state index >= 15 is 0 Å². The SMILES string of the molecule is c1ccc(-c2cccc(N(c3ccc(-c4cc5ccc6ccccc6c5c5ccccc45)cc3)c3cccc4c3oc3ccccc34)c2)cc1. The molecule has 0 aliphatic rings. The number of hydrogen-bond acceptors (Lipinski definition) is 2. The van der Waals surface area contributed by atoms with Crippen molar-refractivity contribution < 1.29 is 4.42 Å². The first-order valence-electron chi connectivity index (χ1n) is 17.1. The summed E-state index contributed by atoms with van der Waals surface area (Å²) in [5.41, 5.74) is 9.64. The van der Waals surface area contributed by atoms with Crippen molar-refractivity contribution in [3.63, 3.8) is 0 Å². The van der Waals surface area contributed by atoms with Gasteiger partial charge in [0.1, 0.15) is 5.58 Å². The molecule has 50 heavy (non-hydrogen) atoms. The van der Waals surface area contributed by atoms with Gasteiger partial charge < -0.3 is 9.32 Å². The van der Waals surface area contributed by atoms with Crippen molar-refractivity contribution in [2.75, 3.05) is 4.90 Å². The van der Waals surface area contributed by atoms with Crippen LogP contribution in [0.25, 0.3) is 76.5 Å². The van der Waals surface area contributed by atoms with Crippen molar-refractivity contribution in [2.45, 2.75) is 0 Å². The first kappa shape index (κ1) is 28.4. The van der Waals surface area contributed by atoms with Crippen LogP contribution in [0.2, 0.25) is 0 Å². The first-order chi connectivity index (χ1) is 24.8. The van der Waals surface area contributed by atoms with Crippen LogP contribution >= 0.6 is 0 Å². The van der Waals surface area contributed by atoms with Crippen molar-refractivity contribution in [3.8, 4) is 22.3 Å². The third kappa shape index (κ3) is 4.57. The van der Waals surface area contributed by atoms with E-state index in [1.165, 1.54) is 49.0 Å². The molecule has 0 fully saturated rings. The Bertz CT molecular complexity index is 2870. The topological polar surface area (TPSA) is 16.4 Å². The summed E-state index contributed by atoms with van der Waals surface area (Å²) in [6.07, 6.45) is 0. The number of fused-ring (bicyclic) bond motifs is 8. The summed E-state index contributed by atoms with van der Waals surface area (Å²) >= 11 is 0. The van der Waals surface area contributed by atoms with Gasteiger partial charge in [-0.3, -0.25) is 0 Å². The zero-order valence-electron chi connectivity index (χ0n) is 27.3. The molecule has 0 amide bonds. The van der Waals surface area contributed by atoms with E-state index in [1.54, 1.807) is 0 Å². The van der Waals surface area contributed by atoms with E-state index < -0.39 is 0 Å². The summed E-state index contributed by atoms with van der Waals surface area (Å²) in [6.45, 7) is 0. The molecule has 2 nitrogen and oxygen atoms in total. The molecule has 0 N–H and O–H groups in total. The van der Waals surface area contributed by atoms with E-state index in [0.717, 1.165) is 44.6 Å². The number of anilines is 3. The van der Waals surface area contributed by atoms with Gasteiger partial charge in [0.05, 0.1) is 5.69 Å². The van der Waals surface area contributed by atoms with E-state index in [1.807, 2.05) is 12.1 Å². The molecule has 9 aromatic carbocycles. The summed E-state index contributed by atoms with van der Waals surface area (Å²) in [5, 5.41) is 9.86. The highest BCUT2D eigenvalue weighted by atomic mass is 16.3. The van der Waals surface area contributed by atoms with Gasteiger partial charge in [-0.25, -0.2) is 0 Å². The lowest BCUT2D eigenvalue weighted by atomic mass is 9.90. The van der Waals surface area contributed by atoms with E-state index in [0.29, 0.717) is 0 Å². The Labute approximate surface area is 290 Å². The fourth-order valence-electron chi connectivity index (χ4n) is 7.70. The Balaban J connectivity index is 1.16. The Morgan fingerprint density at radius 3 is 1.88 bits per heavy atom. The predicted molar refractivity (Wildman–Crippen MR) is 212 cm³/mol. The van der Waals surface area contributed by atoms with Crippen LogP contribution in [0.4, 0.5) is 17.1 Å². The summed E-state index contributed by atoms with van der Waals surface area (Å²) < 4.78 is 6.59. The third-order valence-corrected chi connectivity index (χ3v) is 10.0. The molecule has 0 atom stereocenters. The van der Waals surface area contributed by atoms with Crippen LogP contribution in [0.5, 0.6) is 0 Å². The molecule has 0 radical (unpaired) electrons. The number of furan rings is 1. The normalized spacial score (nSPS) is 11.6. The Morgan fingerprint density at radius 1 is 0.360 bits per heavy atom. The van der Waals surface area contributed by atoms with Crippen molar-refractivity contribution in [2.24, 2.45) is 0 Å². The molecule has 10 rings (SSSR count). The maximum atomic E-state index is 6.59. The molecule has 0 spiro atoms. The van der Waals surface area contributed by atoms with Gasteiger partial charge >= 0.3 is 0 Å². The molecule has 10 aromatic rings. The van der Waals surface area contributed by atoms with E-state index in [9.17, 15) is 0 Å². The maximum Gasteiger partial charge on any atom is 0.159 e. The minimum atomic E-state index is 0.871. The molecular weight excluding hydrogens is 607 g/mol. The van der Waals surface area contributed by atoms with Crippen LogP contribution < -0.4 is 4.90 Å². The van der Waals surface area contributed by atoms with Crippen LogP contribution in [0, 0.1) is 0 Å². The molecular formula is C48H31NO. The number of benzene rings is 9. The second-order valence-corrected chi connectivity index (χ2v) is 12.9. The van der Waals surface area contributed by atoms with Gasteiger partial charge in [-0.05, 0) is 97.0 Å². The van der Waals surface area contributed by atoms with Gasteiger partial charge in [0, 0.05) is 22.1 Å². The molecule has 0 aliphatic carbocycles. The van der Waals surface area contributed by atoms with E-state index in [-0.39, 0.29) is 0 Å². The van der Waals surface area contributed by atoms with Crippen molar-refractivity contribution in [1.29, 1.82) is 0 Å². The zero-order valence-corrected chi connectivity index (χ0v) is 27.3. The van der Waals surface area contributed by atoms with Gasteiger partial charge in [0.25, 0.3) is 0 Å². The Hall–Kier alpha value is -6.64. The standard InChI is InChI=1S/C48H31NO/c1-2-12-32(13-3-1)35-15-10-16-38(30-35)49(45-22-11-21-43-41-19-8-9-23-46(41)50-48(43)45)37-28-26-34(27-29-37)44-31-36-25-24-33-14-4-5-17-39(33)47(36)42-20-7-6-18-40(42)44/h1-31H. The smallest absolute Gasteiger partial charge is 0.159 e. The molecule has 0 saturated carbocycles. The van der Waals surface area contributed by atoms with Crippen molar-refractivity contribution >= 4 is 71.3 Å². The second-order valence-electron chi connectivity index (χ2n) is 12.9. The van der Waals surface area contributed by atoms with Crippen LogP contribution in [0.15, 0.2) is 192 Å². The fraction of sp³-hybridized carbons (Fsp3) is 0. The number of para-hydroxylation sites is 2. The number of hydrogen-bond donors (Lipinski definition) is 0. The monoisotopic (exact) mass is 637 g/mol. The van der Waals surface area contributed by atoms with Gasteiger partial charge in [0.2, 0.25) is 0 Å². The molecule has 0 unspecified atom stereocenters. The minimum Gasteiger partial charge on any atom is -0.454 e. The lowest BCUT2D eigenvalue weighted by molar-refractivity contribution is 0.669. The summed E-state index contributed by atoms with van der Waals surface area (Å²) in [4.78, 5) is 2.32. The van der Waals surface area contributed by atoms with E-state index in [4.69, 9.17) is 4.42 Å². The molecule has 0 saturated heterocycles. The quantitative estimate of drug-likeness (QED) is 0.175. The van der Waals surface area contributed by atoms with Crippen LogP contribution in [0.3, 0.4) is 0 Å². The summed E-state index contributed by atoms with van der Waals surface area (Å²) in [5.74, 6) is 0. The van der Waals surface area contributed by atoms with Gasteiger partial charge in [-0.2, -0.15) is 0 Å². The van der Waals surface area contributed by atoms with Crippen LogP contribution in [-0.4, -0.2) is 0 Å². The third-order valence-electron chi connectivity index (χ3n) is 10.0. The highest BCUT2D eigenvalue weighted by Crippen LogP contribution is 2.44. The largest absolute Gasteiger partial charge is 0.454 e. The maximum absolute atomic E-state index is 6.59. The average molecular weight is 638 g/mol. The molecule has 234 valence electrons. The first-order valence-corrected chi connectivity index (χ1v) is 17.1. The Morgan fingerprint density at radius 2 is 1.02 bits per heavy atom. The molecule has 1 aromatic heterocycles. The number of rotatable bonds is 5.